The van der Waals surface area contributed by atoms with Crippen molar-refractivity contribution in [2.45, 2.75) is 27.2 Å². The molecule has 252 valence electrons. The topological polar surface area (TPSA) is 9.86 Å². The van der Waals surface area contributed by atoms with Gasteiger partial charge < -0.3 is 9.13 Å². The first kappa shape index (κ1) is 32.8. The second-order valence-corrected chi connectivity index (χ2v) is 13.4. The third-order valence-corrected chi connectivity index (χ3v) is 10.3. The summed E-state index contributed by atoms with van der Waals surface area (Å²) in [6, 6.07) is 53.1. The van der Waals surface area contributed by atoms with E-state index in [1.54, 1.807) is 0 Å². The Morgan fingerprint density at radius 3 is 1.58 bits per heavy atom. The smallest absolute Gasteiger partial charge is 0.0537 e. The van der Waals surface area contributed by atoms with Crippen LogP contribution in [0.25, 0.3) is 72.6 Å². The molecule has 0 aliphatic rings. The van der Waals surface area contributed by atoms with E-state index >= 15 is 0 Å². The highest BCUT2D eigenvalue weighted by Gasteiger charge is 2.16. The predicted octanol–water partition coefficient (Wildman–Crippen LogP) is 13.5. The number of hydrogen-bond donors (Lipinski definition) is 0. The monoisotopic (exact) mass is 670 g/mol. The zero-order valence-corrected chi connectivity index (χ0v) is 30.1. The van der Waals surface area contributed by atoms with Crippen molar-refractivity contribution < 1.29 is 0 Å². The van der Waals surface area contributed by atoms with Crippen molar-refractivity contribution in [3.8, 4) is 44.8 Å². The van der Waals surface area contributed by atoms with Gasteiger partial charge in [-0.3, -0.25) is 0 Å². The lowest BCUT2D eigenvalue weighted by Crippen LogP contribution is -2.00. The van der Waals surface area contributed by atoms with E-state index < -0.39 is 0 Å². The molecular weight excluding hydrogens is 629 g/mol. The van der Waals surface area contributed by atoms with Gasteiger partial charge in [0.05, 0.1) is 11.0 Å². The summed E-state index contributed by atoms with van der Waals surface area (Å²) >= 11 is 0. The van der Waals surface area contributed by atoms with Crippen LogP contribution >= 0.6 is 0 Å². The summed E-state index contributed by atoms with van der Waals surface area (Å²) < 4.78 is 4.80. The molecular formula is C50H42N2. The molecule has 0 N–H and O–H groups in total. The summed E-state index contributed by atoms with van der Waals surface area (Å²) in [7, 11) is 0. The van der Waals surface area contributed by atoms with E-state index in [-0.39, 0.29) is 0 Å². The number of para-hydroxylation sites is 2. The van der Waals surface area contributed by atoms with E-state index in [0.29, 0.717) is 0 Å². The minimum Gasteiger partial charge on any atom is -0.313 e. The van der Waals surface area contributed by atoms with Crippen LogP contribution in [0.1, 0.15) is 29.4 Å². The van der Waals surface area contributed by atoms with Gasteiger partial charge in [-0.2, -0.15) is 0 Å². The highest BCUT2D eigenvalue weighted by Crippen LogP contribution is 2.35. The van der Waals surface area contributed by atoms with Crippen molar-refractivity contribution in [1.29, 1.82) is 0 Å². The zero-order valence-electron chi connectivity index (χ0n) is 30.1. The molecule has 0 spiro atoms. The first-order valence-electron chi connectivity index (χ1n) is 18.1. The molecule has 2 aromatic heterocycles. The number of aromatic nitrogens is 2. The largest absolute Gasteiger partial charge is 0.313 e. The Labute approximate surface area is 306 Å². The molecule has 52 heavy (non-hydrogen) atoms. The summed E-state index contributed by atoms with van der Waals surface area (Å²) in [5.74, 6) is 0. The first-order valence-corrected chi connectivity index (χ1v) is 18.1. The number of hydrogen-bond acceptors (Lipinski definition) is 0. The molecule has 2 heteroatoms. The van der Waals surface area contributed by atoms with Gasteiger partial charge in [0, 0.05) is 45.5 Å². The number of fused-ring (bicyclic) bond motifs is 2. The third-order valence-electron chi connectivity index (χ3n) is 10.3. The van der Waals surface area contributed by atoms with Gasteiger partial charge in [0.2, 0.25) is 0 Å². The Morgan fingerprint density at radius 1 is 0.538 bits per heavy atom. The fraction of sp³-hybridized carbons (Fsp3) is 0.0800. The summed E-state index contributed by atoms with van der Waals surface area (Å²) in [5, 5.41) is 2.56. The Morgan fingerprint density at radius 2 is 1.02 bits per heavy atom. The number of aryl methyl sites for hydroxylation is 1. The van der Waals surface area contributed by atoms with Gasteiger partial charge in [-0.05, 0) is 108 Å². The second kappa shape index (κ2) is 14.1. The Kier molecular flexibility index (Phi) is 8.89. The van der Waals surface area contributed by atoms with Crippen molar-refractivity contribution in [2.24, 2.45) is 0 Å². The van der Waals surface area contributed by atoms with E-state index in [2.05, 4.69) is 200 Å². The molecule has 0 radical (unpaired) electrons. The van der Waals surface area contributed by atoms with Crippen LogP contribution in [0.15, 0.2) is 176 Å². The van der Waals surface area contributed by atoms with Gasteiger partial charge in [-0.15, -0.1) is 0 Å². The SMILES string of the molecule is C=CC=CCc1c(C)c2ccccc2n1-c1cccc(-c2cccc(-c3cccc(-c4cccc(-n5c(C)c(/C=C\C)c6ccccc65)c4)c3)c2)c1. The van der Waals surface area contributed by atoms with Gasteiger partial charge in [0.15, 0.2) is 0 Å². The number of rotatable bonds is 9. The maximum atomic E-state index is 3.87. The molecule has 2 heterocycles. The van der Waals surface area contributed by atoms with E-state index in [0.717, 1.165) is 6.42 Å². The van der Waals surface area contributed by atoms with Crippen molar-refractivity contribution >= 4 is 27.9 Å². The summed E-state index contributed by atoms with van der Waals surface area (Å²) in [5.41, 5.74) is 17.1. The maximum absolute atomic E-state index is 3.87. The second-order valence-electron chi connectivity index (χ2n) is 13.4. The molecule has 0 aliphatic carbocycles. The molecule has 8 aromatic rings. The molecule has 2 nitrogen and oxygen atoms in total. The van der Waals surface area contributed by atoms with Gasteiger partial charge in [-0.25, -0.2) is 0 Å². The Balaban J connectivity index is 1.15. The maximum Gasteiger partial charge on any atom is 0.0537 e. The number of allylic oxidation sites excluding steroid dienone is 4. The molecule has 0 unspecified atom stereocenters. The summed E-state index contributed by atoms with van der Waals surface area (Å²) in [4.78, 5) is 0. The summed E-state index contributed by atoms with van der Waals surface area (Å²) in [6.45, 7) is 10.4. The van der Waals surface area contributed by atoms with Crippen LogP contribution in [0, 0.1) is 13.8 Å². The van der Waals surface area contributed by atoms with Crippen molar-refractivity contribution in [1.82, 2.24) is 9.13 Å². The zero-order chi connectivity index (χ0) is 35.6. The van der Waals surface area contributed by atoms with E-state index in [1.807, 2.05) is 12.2 Å². The quantitative estimate of drug-likeness (QED) is 0.135. The van der Waals surface area contributed by atoms with Gasteiger partial charge >= 0.3 is 0 Å². The highest BCUT2D eigenvalue weighted by molar-refractivity contribution is 5.93. The molecule has 0 atom stereocenters. The average Bonchev–Trinajstić information content (AvgIpc) is 3.64. The Bertz CT molecular complexity index is 2660. The number of benzene rings is 6. The number of nitrogens with zero attached hydrogens (tertiary/aromatic N) is 2. The molecule has 6 aromatic carbocycles. The fourth-order valence-electron chi connectivity index (χ4n) is 7.78. The molecule has 0 fully saturated rings. The van der Waals surface area contributed by atoms with Crippen molar-refractivity contribution in [3.63, 3.8) is 0 Å². The van der Waals surface area contributed by atoms with E-state index in [9.17, 15) is 0 Å². The van der Waals surface area contributed by atoms with E-state index in [1.165, 1.54) is 89.1 Å². The van der Waals surface area contributed by atoms with Crippen molar-refractivity contribution in [3.05, 3.63) is 199 Å². The van der Waals surface area contributed by atoms with Gasteiger partial charge in [0.1, 0.15) is 0 Å². The van der Waals surface area contributed by atoms with Crippen LogP contribution in [0.2, 0.25) is 0 Å². The van der Waals surface area contributed by atoms with Crippen LogP contribution in [0.5, 0.6) is 0 Å². The van der Waals surface area contributed by atoms with Crippen molar-refractivity contribution in [2.75, 3.05) is 0 Å². The molecule has 8 rings (SSSR count). The lowest BCUT2D eigenvalue weighted by Gasteiger charge is -2.14. The molecule has 0 aliphatic heterocycles. The van der Waals surface area contributed by atoms with Crippen LogP contribution in [0.4, 0.5) is 0 Å². The molecule has 0 amide bonds. The summed E-state index contributed by atoms with van der Waals surface area (Å²) in [6.07, 6.45) is 11.2. The third kappa shape index (κ3) is 5.93. The van der Waals surface area contributed by atoms with Crippen LogP contribution in [0.3, 0.4) is 0 Å². The minimum absolute atomic E-state index is 0.838. The van der Waals surface area contributed by atoms with Crippen LogP contribution in [-0.4, -0.2) is 9.13 Å². The van der Waals surface area contributed by atoms with E-state index in [4.69, 9.17) is 0 Å². The molecule has 0 bridgehead atoms. The highest BCUT2D eigenvalue weighted by atomic mass is 15.0. The lowest BCUT2D eigenvalue weighted by molar-refractivity contribution is 0.990. The lowest BCUT2D eigenvalue weighted by atomic mass is 9.96. The van der Waals surface area contributed by atoms with Gasteiger partial charge in [-0.1, -0.05) is 134 Å². The van der Waals surface area contributed by atoms with Crippen LogP contribution < -0.4 is 0 Å². The Hall–Kier alpha value is -6.38. The molecule has 0 saturated heterocycles. The normalized spacial score (nSPS) is 11.8. The molecule has 0 saturated carbocycles. The van der Waals surface area contributed by atoms with Crippen LogP contribution in [-0.2, 0) is 6.42 Å². The standard InChI is InChI=1S/C50H42N2/c1-5-7-8-28-48-35(3)45-26-9-11-29-49(45)52(48)44-25-16-23-42(34-44)40-21-14-19-38(32-40)37-18-13-20-39(31-37)41-22-15-24-43(33-41)51-36(4)46(17-6-2)47-27-10-12-30-50(47)51/h5-27,29-34H,1,28H2,2-4H3/b8-7?,17-6-. The van der Waals surface area contributed by atoms with Gasteiger partial charge in [0.25, 0.3) is 0 Å². The average molecular weight is 671 g/mol. The predicted molar refractivity (Wildman–Crippen MR) is 224 cm³/mol. The first-order chi connectivity index (χ1) is 25.6. The minimum atomic E-state index is 0.838. The fourth-order valence-corrected chi connectivity index (χ4v) is 7.78.